The van der Waals surface area contributed by atoms with Crippen LogP contribution in [0.4, 0.5) is 18.9 Å². The number of carbonyl (C=O) groups is 1. The first kappa shape index (κ1) is 25.6. The molecule has 0 atom stereocenters. The van der Waals surface area contributed by atoms with Crippen molar-refractivity contribution in [3.63, 3.8) is 0 Å². The zero-order valence-corrected chi connectivity index (χ0v) is 20.3. The number of nitrogens with one attached hydrogen (secondary N) is 1. The maximum absolute atomic E-state index is 13.5. The van der Waals surface area contributed by atoms with Crippen molar-refractivity contribution >= 4 is 23.2 Å². The molecule has 3 rings (SSSR count). The number of anilines is 1. The second-order valence-electron chi connectivity index (χ2n) is 9.11. The third kappa shape index (κ3) is 6.32. The third-order valence-electron chi connectivity index (χ3n) is 5.51. The molecule has 1 amide bonds. The summed E-state index contributed by atoms with van der Waals surface area (Å²) in [7, 11) is 1.71. The largest absolute Gasteiger partial charge is 0.434 e. The number of carbonyl (C=O) groups excluding carboxylic acids is 1. The van der Waals surface area contributed by atoms with E-state index in [0.717, 1.165) is 18.1 Å². The van der Waals surface area contributed by atoms with Gasteiger partial charge in [-0.2, -0.15) is 13.2 Å². The molecule has 5 nitrogen and oxygen atoms in total. The number of benzene rings is 2. The second kappa shape index (κ2) is 10.1. The quantitative estimate of drug-likeness (QED) is 0.425. The van der Waals surface area contributed by atoms with Gasteiger partial charge in [-0.3, -0.25) is 4.79 Å². The Balaban J connectivity index is 1.87. The Morgan fingerprint density at radius 3 is 2.35 bits per heavy atom. The predicted octanol–water partition coefficient (Wildman–Crippen LogP) is 6.24. The van der Waals surface area contributed by atoms with Crippen LogP contribution in [0, 0.1) is 0 Å². The average Bonchev–Trinajstić information content (AvgIpc) is 3.25. The highest BCUT2D eigenvalue weighted by molar-refractivity contribution is 6.31. The first-order valence-electron chi connectivity index (χ1n) is 10.8. The monoisotopic (exact) mass is 492 g/mol. The van der Waals surface area contributed by atoms with Crippen LogP contribution in [-0.2, 0) is 24.7 Å². The van der Waals surface area contributed by atoms with Crippen LogP contribution in [0.1, 0.15) is 48.0 Å². The van der Waals surface area contributed by atoms with Crippen LogP contribution in [0.3, 0.4) is 0 Å². The summed E-state index contributed by atoms with van der Waals surface area (Å²) in [5, 5.41) is 3.41. The van der Waals surface area contributed by atoms with Gasteiger partial charge in [0.05, 0.1) is 11.9 Å². The molecule has 1 heterocycles. The molecule has 1 N–H and O–H groups in total. The standard InChI is InChI=1S/C25H28ClF3N4O/c1-24(2,3)18-7-5-17(6-8-18)14-33(12-11-32-15-22(31-16-32)25(27,28)29)23(34)20-13-19(26)9-10-21(20)30-4/h5-10,13,15-16,30H,11-12,14H2,1-4H3. The molecule has 34 heavy (non-hydrogen) atoms. The fourth-order valence-electron chi connectivity index (χ4n) is 3.53. The van der Waals surface area contributed by atoms with Crippen molar-refractivity contribution < 1.29 is 18.0 Å². The van der Waals surface area contributed by atoms with Gasteiger partial charge < -0.3 is 14.8 Å². The third-order valence-corrected chi connectivity index (χ3v) is 5.75. The van der Waals surface area contributed by atoms with Crippen molar-refractivity contribution in [2.24, 2.45) is 0 Å². The van der Waals surface area contributed by atoms with Crippen LogP contribution in [0.2, 0.25) is 5.02 Å². The number of hydrogen-bond donors (Lipinski definition) is 1. The van der Waals surface area contributed by atoms with E-state index in [0.29, 0.717) is 22.8 Å². The molecule has 182 valence electrons. The Morgan fingerprint density at radius 1 is 1.12 bits per heavy atom. The summed E-state index contributed by atoms with van der Waals surface area (Å²) in [5.41, 5.74) is 2.12. The lowest BCUT2D eigenvalue weighted by atomic mass is 9.87. The van der Waals surface area contributed by atoms with E-state index in [4.69, 9.17) is 11.6 Å². The van der Waals surface area contributed by atoms with E-state index in [1.807, 2.05) is 24.3 Å². The maximum atomic E-state index is 13.5. The predicted molar refractivity (Wildman–Crippen MR) is 128 cm³/mol. The fourth-order valence-corrected chi connectivity index (χ4v) is 3.70. The van der Waals surface area contributed by atoms with Crippen molar-refractivity contribution in [3.05, 3.63) is 82.4 Å². The molecule has 0 radical (unpaired) electrons. The summed E-state index contributed by atoms with van der Waals surface area (Å²) in [5.74, 6) is -0.275. The Kier molecular flexibility index (Phi) is 7.60. The summed E-state index contributed by atoms with van der Waals surface area (Å²) in [6.45, 7) is 7.00. The van der Waals surface area contributed by atoms with E-state index >= 15 is 0 Å². The van der Waals surface area contributed by atoms with Crippen molar-refractivity contribution in [3.8, 4) is 0 Å². The minimum atomic E-state index is -4.52. The molecule has 1 aromatic heterocycles. The lowest BCUT2D eigenvalue weighted by Crippen LogP contribution is -2.34. The van der Waals surface area contributed by atoms with E-state index in [1.165, 1.54) is 10.1 Å². The Hall–Kier alpha value is -3.00. The van der Waals surface area contributed by atoms with E-state index in [-0.39, 0.29) is 24.4 Å². The van der Waals surface area contributed by atoms with E-state index in [9.17, 15) is 18.0 Å². The molecule has 2 aromatic carbocycles. The van der Waals surface area contributed by atoms with Crippen molar-refractivity contribution in [1.82, 2.24) is 14.5 Å². The topological polar surface area (TPSA) is 50.2 Å². The lowest BCUT2D eigenvalue weighted by Gasteiger charge is -2.25. The zero-order chi connectivity index (χ0) is 25.1. The molecule has 0 unspecified atom stereocenters. The molecular weight excluding hydrogens is 465 g/mol. The minimum absolute atomic E-state index is 0.00582. The number of aromatic nitrogens is 2. The van der Waals surface area contributed by atoms with Crippen LogP contribution >= 0.6 is 11.6 Å². The average molecular weight is 493 g/mol. The Labute approximate surface area is 202 Å². The molecule has 0 saturated carbocycles. The van der Waals surface area contributed by atoms with Crippen molar-refractivity contribution in [2.75, 3.05) is 18.9 Å². The molecule has 0 aliphatic rings. The van der Waals surface area contributed by atoms with Crippen molar-refractivity contribution in [1.29, 1.82) is 0 Å². The number of halogens is 4. The summed E-state index contributed by atoms with van der Waals surface area (Å²) in [4.78, 5) is 18.5. The van der Waals surface area contributed by atoms with Crippen LogP contribution in [0.25, 0.3) is 0 Å². The molecule has 0 aliphatic heterocycles. The van der Waals surface area contributed by atoms with Gasteiger partial charge in [-0.05, 0) is 34.7 Å². The van der Waals surface area contributed by atoms with Gasteiger partial charge >= 0.3 is 6.18 Å². The molecule has 0 fully saturated rings. The number of imidazole rings is 1. The molecule has 0 bridgehead atoms. The smallest absolute Gasteiger partial charge is 0.387 e. The van der Waals surface area contributed by atoms with Gasteiger partial charge in [-0.1, -0.05) is 56.6 Å². The highest BCUT2D eigenvalue weighted by Gasteiger charge is 2.33. The highest BCUT2D eigenvalue weighted by Crippen LogP contribution is 2.28. The number of hydrogen-bond acceptors (Lipinski definition) is 3. The Bertz CT molecular complexity index is 1130. The first-order chi connectivity index (χ1) is 15.9. The van der Waals surface area contributed by atoms with Crippen molar-refractivity contribution in [2.45, 2.75) is 45.5 Å². The van der Waals surface area contributed by atoms with Crippen LogP contribution in [0.5, 0.6) is 0 Å². The van der Waals surface area contributed by atoms with Gasteiger partial charge in [-0.15, -0.1) is 0 Å². The van der Waals surface area contributed by atoms with E-state index in [2.05, 4.69) is 31.1 Å². The summed E-state index contributed by atoms with van der Waals surface area (Å²) in [6.07, 6.45) is -2.45. The van der Waals surface area contributed by atoms with E-state index in [1.54, 1.807) is 30.1 Å². The minimum Gasteiger partial charge on any atom is -0.387 e. The maximum Gasteiger partial charge on any atom is 0.434 e. The van der Waals surface area contributed by atoms with E-state index < -0.39 is 11.9 Å². The molecule has 0 spiro atoms. The lowest BCUT2D eigenvalue weighted by molar-refractivity contribution is -0.141. The van der Waals surface area contributed by atoms with Gasteiger partial charge in [0, 0.05) is 43.6 Å². The SMILES string of the molecule is CNc1ccc(Cl)cc1C(=O)N(CCn1cnc(C(F)(F)F)c1)Cc1ccc(C(C)(C)C)cc1. The molecular formula is C25H28ClF3N4O. The molecule has 3 aromatic rings. The summed E-state index contributed by atoms with van der Waals surface area (Å²) < 4.78 is 40.1. The normalized spacial score (nSPS) is 12.0. The highest BCUT2D eigenvalue weighted by atomic mass is 35.5. The Morgan fingerprint density at radius 2 is 1.79 bits per heavy atom. The summed E-state index contributed by atoms with van der Waals surface area (Å²) >= 11 is 6.14. The summed E-state index contributed by atoms with van der Waals surface area (Å²) in [6, 6.07) is 13.0. The van der Waals surface area contributed by atoms with Crippen LogP contribution < -0.4 is 5.32 Å². The fraction of sp³-hybridized carbons (Fsp3) is 0.360. The van der Waals surface area contributed by atoms with Gasteiger partial charge in [-0.25, -0.2) is 4.98 Å². The van der Waals surface area contributed by atoms with Gasteiger partial charge in [0.1, 0.15) is 0 Å². The number of alkyl halides is 3. The molecule has 9 heteroatoms. The van der Waals surface area contributed by atoms with Crippen LogP contribution in [0.15, 0.2) is 55.0 Å². The number of nitrogens with zero attached hydrogens (tertiary/aromatic N) is 3. The zero-order valence-electron chi connectivity index (χ0n) is 19.6. The second-order valence-corrected chi connectivity index (χ2v) is 9.54. The molecule has 0 aliphatic carbocycles. The van der Waals surface area contributed by atoms with Gasteiger partial charge in [0.15, 0.2) is 5.69 Å². The van der Waals surface area contributed by atoms with Crippen LogP contribution in [-0.4, -0.2) is 34.0 Å². The van der Waals surface area contributed by atoms with Gasteiger partial charge in [0.2, 0.25) is 0 Å². The molecule has 0 saturated heterocycles. The first-order valence-corrected chi connectivity index (χ1v) is 11.2. The number of rotatable bonds is 7. The number of amides is 1. The van der Waals surface area contributed by atoms with Gasteiger partial charge in [0.25, 0.3) is 5.91 Å².